The molecule has 33 heavy (non-hydrogen) atoms. The van der Waals surface area contributed by atoms with Crippen LogP contribution in [0.4, 0.5) is 14.9 Å². The number of carbonyl (C=O) groups excluding carboxylic acids is 1. The number of aromatic nitrogens is 2. The smallest absolute Gasteiger partial charge is 0.319 e. The van der Waals surface area contributed by atoms with E-state index >= 15 is 0 Å². The molecule has 3 heterocycles. The van der Waals surface area contributed by atoms with Gasteiger partial charge < -0.3 is 15.4 Å². The van der Waals surface area contributed by atoms with Crippen LogP contribution in [0.1, 0.15) is 31.7 Å². The SMILES string of the molecule is CCCc1ccc(-c2cc3nccc(Oc4ccc(NC(=O)NC5CC5)cc4F)c3s2)nc1. The molecule has 3 aromatic heterocycles. The first-order valence-electron chi connectivity index (χ1n) is 11.0. The standard InChI is InChI=1S/C25H23FN4O2S/c1-2-3-15-4-8-19(28-14-15)23-13-20-24(33-23)22(10-11-27-20)32-21-9-7-17(12-18(21)26)30-25(31)29-16-5-6-16/h4,7-14,16H,2-3,5-6H2,1H3,(H2,29,30,31). The van der Waals surface area contributed by atoms with Gasteiger partial charge in [-0.1, -0.05) is 19.4 Å². The molecule has 0 spiro atoms. The van der Waals surface area contributed by atoms with Crippen LogP contribution < -0.4 is 15.4 Å². The van der Waals surface area contributed by atoms with Gasteiger partial charge in [0.05, 0.1) is 20.8 Å². The second-order valence-electron chi connectivity index (χ2n) is 8.06. The molecule has 0 unspecified atom stereocenters. The number of hydrogen-bond donors (Lipinski definition) is 2. The number of carbonyl (C=O) groups is 1. The highest BCUT2D eigenvalue weighted by molar-refractivity contribution is 7.22. The minimum Gasteiger partial charge on any atom is -0.453 e. The van der Waals surface area contributed by atoms with Gasteiger partial charge in [-0.05, 0) is 49.1 Å². The third-order valence-corrected chi connectivity index (χ3v) is 6.48. The molecule has 0 radical (unpaired) electrons. The van der Waals surface area contributed by atoms with Crippen molar-refractivity contribution in [2.45, 2.75) is 38.6 Å². The molecule has 4 aromatic rings. The Bertz CT molecular complexity index is 1300. The Morgan fingerprint density at radius 1 is 1.15 bits per heavy atom. The number of fused-ring (bicyclic) bond motifs is 1. The summed E-state index contributed by atoms with van der Waals surface area (Å²) in [4.78, 5) is 21.9. The van der Waals surface area contributed by atoms with Crippen LogP contribution in [0.25, 0.3) is 20.8 Å². The van der Waals surface area contributed by atoms with Crippen LogP contribution in [-0.2, 0) is 6.42 Å². The van der Waals surface area contributed by atoms with Crippen molar-refractivity contribution >= 4 is 33.3 Å². The first kappa shape index (κ1) is 21.3. The van der Waals surface area contributed by atoms with Gasteiger partial charge in [0.2, 0.25) is 0 Å². The molecule has 1 aromatic carbocycles. The molecule has 8 heteroatoms. The molecule has 1 aliphatic carbocycles. The van der Waals surface area contributed by atoms with E-state index in [-0.39, 0.29) is 17.8 Å². The second-order valence-corrected chi connectivity index (χ2v) is 9.11. The van der Waals surface area contributed by atoms with E-state index in [1.165, 1.54) is 29.0 Å². The first-order chi connectivity index (χ1) is 16.1. The second kappa shape index (κ2) is 9.15. The van der Waals surface area contributed by atoms with Gasteiger partial charge >= 0.3 is 6.03 Å². The molecule has 0 aliphatic heterocycles. The zero-order valence-electron chi connectivity index (χ0n) is 18.1. The molecule has 5 rings (SSSR count). The third kappa shape index (κ3) is 4.96. The monoisotopic (exact) mass is 462 g/mol. The number of nitrogens with zero attached hydrogens (tertiary/aromatic N) is 2. The Balaban J connectivity index is 1.36. The zero-order chi connectivity index (χ0) is 22.8. The molecule has 2 N–H and O–H groups in total. The molecule has 1 saturated carbocycles. The molecule has 6 nitrogen and oxygen atoms in total. The highest BCUT2D eigenvalue weighted by Gasteiger charge is 2.23. The van der Waals surface area contributed by atoms with Crippen molar-refractivity contribution in [3.05, 3.63) is 66.2 Å². The van der Waals surface area contributed by atoms with E-state index in [1.807, 2.05) is 18.3 Å². The van der Waals surface area contributed by atoms with Crippen LogP contribution in [-0.4, -0.2) is 22.0 Å². The topological polar surface area (TPSA) is 76.1 Å². The van der Waals surface area contributed by atoms with Gasteiger partial charge in [-0.25, -0.2) is 9.18 Å². The summed E-state index contributed by atoms with van der Waals surface area (Å²) < 4.78 is 21.4. The molecular formula is C25H23FN4O2S. The van der Waals surface area contributed by atoms with Crippen molar-refractivity contribution in [2.75, 3.05) is 5.32 Å². The first-order valence-corrected chi connectivity index (χ1v) is 11.8. The van der Waals surface area contributed by atoms with Crippen LogP contribution in [0.15, 0.2) is 54.9 Å². The van der Waals surface area contributed by atoms with Crippen molar-refractivity contribution in [2.24, 2.45) is 0 Å². The predicted octanol–water partition coefficient (Wildman–Crippen LogP) is 6.53. The van der Waals surface area contributed by atoms with Crippen LogP contribution in [0.3, 0.4) is 0 Å². The Morgan fingerprint density at radius 2 is 2.03 bits per heavy atom. The summed E-state index contributed by atoms with van der Waals surface area (Å²) in [6.45, 7) is 2.14. The summed E-state index contributed by atoms with van der Waals surface area (Å²) in [5, 5.41) is 5.45. The number of ether oxygens (including phenoxy) is 1. The van der Waals surface area contributed by atoms with Gasteiger partial charge in [0.15, 0.2) is 11.6 Å². The maximum Gasteiger partial charge on any atom is 0.319 e. The number of halogens is 1. The number of pyridine rings is 2. The molecule has 0 atom stereocenters. The zero-order valence-corrected chi connectivity index (χ0v) is 18.9. The number of benzene rings is 1. The fourth-order valence-corrected chi connectivity index (χ4v) is 4.53. The van der Waals surface area contributed by atoms with Crippen molar-refractivity contribution < 1.29 is 13.9 Å². The molecule has 1 aliphatic rings. The van der Waals surface area contributed by atoms with E-state index in [2.05, 4.69) is 33.6 Å². The quantitative estimate of drug-likeness (QED) is 0.328. The summed E-state index contributed by atoms with van der Waals surface area (Å²) in [5.74, 6) is 0.0340. The van der Waals surface area contributed by atoms with Gasteiger partial charge in [0, 0.05) is 36.3 Å². The molecule has 0 saturated heterocycles. The van der Waals surface area contributed by atoms with E-state index in [0.717, 1.165) is 46.5 Å². The number of urea groups is 1. The van der Waals surface area contributed by atoms with Gasteiger partial charge in [0.25, 0.3) is 0 Å². The van der Waals surface area contributed by atoms with Gasteiger partial charge in [0.1, 0.15) is 5.75 Å². The Labute approximate surface area is 194 Å². The van der Waals surface area contributed by atoms with Crippen LogP contribution in [0.5, 0.6) is 11.5 Å². The average Bonchev–Trinajstić information content (AvgIpc) is 3.50. The Kier molecular flexibility index (Phi) is 5.92. The van der Waals surface area contributed by atoms with Crippen molar-refractivity contribution in [3.63, 3.8) is 0 Å². The number of thiophene rings is 1. The fraction of sp³-hybridized carbons (Fsp3) is 0.240. The lowest BCUT2D eigenvalue weighted by Crippen LogP contribution is -2.30. The third-order valence-electron chi connectivity index (χ3n) is 5.31. The normalized spacial score (nSPS) is 13.2. The lowest BCUT2D eigenvalue weighted by molar-refractivity contribution is 0.251. The van der Waals surface area contributed by atoms with Gasteiger partial charge in [-0.3, -0.25) is 9.97 Å². The number of hydrogen-bond acceptors (Lipinski definition) is 5. The summed E-state index contributed by atoms with van der Waals surface area (Å²) in [6, 6.07) is 12.1. The molecule has 1 fully saturated rings. The largest absolute Gasteiger partial charge is 0.453 e. The maximum atomic E-state index is 14.7. The summed E-state index contributed by atoms with van der Waals surface area (Å²) in [5.41, 5.74) is 3.22. The molecular weight excluding hydrogens is 439 g/mol. The number of nitrogens with one attached hydrogen (secondary N) is 2. The van der Waals surface area contributed by atoms with Crippen LogP contribution >= 0.6 is 11.3 Å². The fourth-order valence-electron chi connectivity index (χ4n) is 3.49. The Morgan fingerprint density at radius 3 is 2.76 bits per heavy atom. The summed E-state index contributed by atoms with van der Waals surface area (Å²) >= 11 is 1.51. The van der Waals surface area contributed by atoms with Crippen LogP contribution in [0, 0.1) is 5.82 Å². The van der Waals surface area contributed by atoms with Gasteiger partial charge in [-0.2, -0.15) is 0 Å². The maximum absolute atomic E-state index is 14.7. The minimum absolute atomic E-state index is 0.0765. The number of amides is 2. The molecule has 168 valence electrons. The van der Waals surface area contributed by atoms with E-state index in [4.69, 9.17) is 4.74 Å². The number of aryl methyl sites for hydroxylation is 1. The van der Waals surface area contributed by atoms with Crippen LogP contribution in [0.2, 0.25) is 0 Å². The molecule has 0 bridgehead atoms. The van der Waals surface area contributed by atoms with E-state index in [9.17, 15) is 9.18 Å². The lowest BCUT2D eigenvalue weighted by atomic mass is 10.1. The highest BCUT2D eigenvalue weighted by atomic mass is 32.1. The summed E-state index contributed by atoms with van der Waals surface area (Å²) in [6.07, 6.45) is 7.60. The summed E-state index contributed by atoms with van der Waals surface area (Å²) in [7, 11) is 0. The number of rotatable bonds is 7. The van der Waals surface area contributed by atoms with Crippen molar-refractivity contribution in [1.82, 2.24) is 15.3 Å². The molecule has 2 amide bonds. The van der Waals surface area contributed by atoms with Crippen molar-refractivity contribution in [3.8, 4) is 22.1 Å². The number of anilines is 1. The highest BCUT2D eigenvalue weighted by Crippen LogP contribution is 2.39. The van der Waals surface area contributed by atoms with E-state index < -0.39 is 5.82 Å². The minimum atomic E-state index is -0.561. The predicted molar refractivity (Wildman–Crippen MR) is 128 cm³/mol. The van der Waals surface area contributed by atoms with E-state index in [0.29, 0.717) is 11.4 Å². The lowest BCUT2D eigenvalue weighted by Gasteiger charge is -2.10. The van der Waals surface area contributed by atoms with Gasteiger partial charge in [-0.15, -0.1) is 11.3 Å². The average molecular weight is 463 g/mol. The Hall–Kier alpha value is -3.52. The van der Waals surface area contributed by atoms with E-state index in [1.54, 1.807) is 18.3 Å². The van der Waals surface area contributed by atoms with Crippen molar-refractivity contribution in [1.29, 1.82) is 0 Å².